The van der Waals surface area contributed by atoms with Gasteiger partial charge in [-0.25, -0.2) is 4.98 Å². The molecule has 138 valence electrons. The minimum Gasteiger partial charge on any atom is -0.497 e. The van der Waals surface area contributed by atoms with Crippen LogP contribution in [0, 0.1) is 13.8 Å². The summed E-state index contributed by atoms with van der Waals surface area (Å²) in [4.78, 5) is 5.93. The van der Waals surface area contributed by atoms with Gasteiger partial charge in [0, 0.05) is 10.4 Å². The largest absolute Gasteiger partial charge is 0.497 e. The van der Waals surface area contributed by atoms with E-state index in [1.807, 2.05) is 50.2 Å². The predicted molar refractivity (Wildman–Crippen MR) is 106 cm³/mol. The Balaban J connectivity index is 1.58. The average Bonchev–Trinajstić information content (AvgIpc) is 3.25. The minimum absolute atomic E-state index is 0.0798. The van der Waals surface area contributed by atoms with Crippen LogP contribution in [0.2, 0.25) is 0 Å². The van der Waals surface area contributed by atoms with Crippen LogP contribution in [0.1, 0.15) is 29.4 Å². The highest BCUT2D eigenvalue weighted by atomic mass is 32.1. The number of ether oxygens (including phenoxy) is 1. The van der Waals surface area contributed by atoms with Gasteiger partial charge in [-0.3, -0.25) is 0 Å². The molecule has 4 aromatic rings. The first-order chi connectivity index (χ1) is 13.0. The van der Waals surface area contributed by atoms with Crippen LogP contribution in [0.5, 0.6) is 5.75 Å². The van der Waals surface area contributed by atoms with Crippen LogP contribution in [0.25, 0.3) is 16.2 Å². The van der Waals surface area contributed by atoms with E-state index in [0.717, 1.165) is 39.3 Å². The van der Waals surface area contributed by atoms with Gasteiger partial charge in [0.1, 0.15) is 16.6 Å². The molecule has 0 fully saturated rings. The second-order valence-corrected chi connectivity index (χ2v) is 7.33. The van der Waals surface area contributed by atoms with E-state index in [-0.39, 0.29) is 6.04 Å². The zero-order chi connectivity index (χ0) is 19.0. The smallest absolute Gasteiger partial charge is 0.178 e. The molecule has 3 aromatic heterocycles. The molecule has 1 aromatic carbocycles. The second-order valence-electron chi connectivity index (χ2n) is 6.30. The number of anilines is 1. The lowest BCUT2D eigenvalue weighted by Crippen LogP contribution is -2.09. The number of aromatic nitrogens is 5. The number of aryl methyl sites for hydroxylation is 2. The van der Waals surface area contributed by atoms with Gasteiger partial charge in [-0.15, -0.1) is 26.6 Å². The van der Waals surface area contributed by atoms with E-state index in [2.05, 4.69) is 27.5 Å². The Hall–Kier alpha value is -3.00. The van der Waals surface area contributed by atoms with Crippen LogP contribution in [0.3, 0.4) is 0 Å². The second kappa shape index (κ2) is 6.96. The Morgan fingerprint density at radius 1 is 1.07 bits per heavy atom. The van der Waals surface area contributed by atoms with E-state index in [0.29, 0.717) is 0 Å². The molecular formula is C19H20N6OS. The molecule has 27 heavy (non-hydrogen) atoms. The Labute approximate surface area is 161 Å². The topological polar surface area (TPSA) is 77.2 Å². The van der Waals surface area contributed by atoms with E-state index >= 15 is 0 Å². The number of nitrogens with zero attached hydrogens (tertiary/aromatic N) is 5. The summed E-state index contributed by atoms with van der Waals surface area (Å²) in [5, 5.41) is 17.1. The first kappa shape index (κ1) is 17.4. The first-order valence-electron chi connectivity index (χ1n) is 8.62. The fourth-order valence-corrected chi connectivity index (χ4v) is 4.00. The molecule has 0 amide bonds. The van der Waals surface area contributed by atoms with E-state index in [1.54, 1.807) is 23.0 Å². The van der Waals surface area contributed by atoms with Gasteiger partial charge in [0.15, 0.2) is 11.5 Å². The van der Waals surface area contributed by atoms with Gasteiger partial charge >= 0.3 is 0 Å². The summed E-state index contributed by atoms with van der Waals surface area (Å²) >= 11 is 1.69. The predicted octanol–water partition coefficient (Wildman–Crippen LogP) is 4.05. The molecule has 0 bridgehead atoms. The lowest BCUT2D eigenvalue weighted by atomic mass is 10.2. The molecule has 0 radical (unpaired) electrons. The molecule has 1 unspecified atom stereocenters. The maximum atomic E-state index is 5.23. The number of benzene rings is 1. The van der Waals surface area contributed by atoms with Crippen LogP contribution >= 0.6 is 11.3 Å². The lowest BCUT2D eigenvalue weighted by Gasteiger charge is -2.13. The summed E-state index contributed by atoms with van der Waals surface area (Å²) in [7, 11) is 1.67. The molecule has 0 aliphatic heterocycles. The third-order valence-corrected chi connectivity index (χ3v) is 5.74. The molecule has 1 N–H and O–H groups in total. The molecule has 0 saturated carbocycles. The molecule has 7 nitrogen and oxygen atoms in total. The Bertz CT molecular complexity index is 1090. The lowest BCUT2D eigenvalue weighted by molar-refractivity contribution is 0.415. The zero-order valence-electron chi connectivity index (χ0n) is 15.6. The summed E-state index contributed by atoms with van der Waals surface area (Å²) in [6.07, 6.45) is 0. The maximum absolute atomic E-state index is 5.23. The SMILES string of the molecule is COc1ccc(-c2nc(C)c(C(C)Nc3ccc4nnc(C)n4n3)s2)cc1. The summed E-state index contributed by atoms with van der Waals surface area (Å²) < 4.78 is 6.96. The number of hydrogen-bond donors (Lipinski definition) is 1. The van der Waals surface area contributed by atoms with Crippen molar-refractivity contribution in [3.63, 3.8) is 0 Å². The van der Waals surface area contributed by atoms with E-state index in [9.17, 15) is 0 Å². The van der Waals surface area contributed by atoms with E-state index in [4.69, 9.17) is 9.72 Å². The molecule has 0 saturated heterocycles. The number of thiazole rings is 1. The quantitative estimate of drug-likeness (QED) is 0.563. The van der Waals surface area contributed by atoms with Crippen LogP contribution in [0.15, 0.2) is 36.4 Å². The van der Waals surface area contributed by atoms with Gasteiger partial charge < -0.3 is 10.1 Å². The van der Waals surface area contributed by atoms with Crippen molar-refractivity contribution in [2.75, 3.05) is 12.4 Å². The molecule has 0 aliphatic carbocycles. The van der Waals surface area contributed by atoms with Crippen LogP contribution in [-0.2, 0) is 0 Å². The van der Waals surface area contributed by atoms with E-state index in [1.165, 1.54) is 4.88 Å². The number of hydrogen-bond acceptors (Lipinski definition) is 7. The summed E-state index contributed by atoms with van der Waals surface area (Å²) in [5.74, 6) is 2.38. The van der Waals surface area contributed by atoms with Crippen molar-refractivity contribution >= 4 is 22.8 Å². The molecule has 3 heterocycles. The molecule has 4 rings (SSSR count). The summed E-state index contributed by atoms with van der Waals surface area (Å²) in [6.45, 7) is 6.04. The number of nitrogens with one attached hydrogen (secondary N) is 1. The number of fused-ring (bicyclic) bond motifs is 1. The molecule has 0 spiro atoms. The Kier molecular flexibility index (Phi) is 4.49. The van der Waals surface area contributed by atoms with Crippen LogP contribution in [0.4, 0.5) is 5.82 Å². The van der Waals surface area contributed by atoms with E-state index < -0.39 is 0 Å². The summed E-state index contributed by atoms with van der Waals surface area (Å²) in [5.41, 5.74) is 2.84. The molecule has 8 heteroatoms. The molecule has 0 aliphatic rings. The highest BCUT2D eigenvalue weighted by Gasteiger charge is 2.16. The van der Waals surface area contributed by atoms with Gasteiger partial charge in [0.25, 0.3) is 0 Å². The molecule has 1 atom stereocenters. The van der Waals surface area contributed by atoms with Gasteiger partial charge in [0.2, 0.25) is 0 Å². The van der Waals surface area contributed by atoms with Crippen molar-refractivity contribution in [1.29, 1.82) is 0 Å². The monoisotopic (exact) mass is 380 g/mol. The number of rotatable bonds is 5. The van der Waals surface area contributed by atoms with Gasteiger partial charge in [-0.1, -0.05) is 0 Å². The fourth-order valence-electron chi connectivity index (χ4n) is 2.93. The minimum atomic E-state index is 0.0798. The summed E-state index contributed by atoms with van der Waals surface area (Å²) in [6, 6.07) is 11.9. The van der Waals surface area contributed by atoms with Crippen molar-refractivity contribution in [3.8, 4) is 16.3 Å². The van der Waals surface area contributed by atoms with Crippen LogP contribution in [-0.4, -0.2) is 31.9 Å². The van der Waals surface area contributed by atoms with Gasteiger partial charge in [-0.05, 0) is 57.2 Å². The van der Waals surface area contributed by atoms with Crippen molar-refractivity contribution in [2.45, 2.75) is 26.8 Å². The standard InChI is InChI=1S/C19H20N6OS/c1-11(20-16-9-10-17-23-22-13(3)25(17)24-16)18-12(2)21-19(27-18)14-5-7-15(26-4)8-6-14/h5-11H,1-4H3,(H,20,24). The first-order valence-corrected chi connectivity index (χ1v) is 9.44. The fraction of sp³-hybridized carbons (Fsp3) is 0.263. The van der Waals surface area contributed by atoms with Crippen LogP contribution < -0.4 is 10.1 Å². The van der Waals surface area contributed by atoms with Crippen molar-refractivity contribution < 1.29 is 4.74 Å². The molecular weight excluding hydrogens is 360 g/mol. The number of methoxy groups -OCH3 is 1. The average molecular weight is 380 g/mol. The Morgan fingerprint density at radius 2 is 1.85 bits per heavy atom. The maximum Gasteiger partial charge on any atom is 0.178 e. The third kappa shape index (κ3) is 3.35. The third-order valence-electron chi connectivity index (χ3n) is 4.35. The zero-order valence-corrected chi connectivity index (χ0v) is 16.4. The highest BCUT2D eigenvalue weighted by Crippen LogP contribution is 2.33. The van der Waals surface area contributed by atoms with Crippen molar-refractivity contribution in [2.24, 2.45) is 0 Å². The van der Waals surface area contributed by atoms with Crippen molar-refractivity contribution in [1.82, 2.24) is 24.8 Å². The highest BCUT2D eigenvalue weighted by molar-refractivity contribution is 7.15. The van der Waals surface area contributed by atoms with Crippen molar-refractivity contribution in [3.05, 3.63) is 52.8 Å². The Morgan fingerprint density at radius 3 is 2.59 bits per heavy atom. The van der Waals surface area contributed by atoms with Gasteiger partial charge in [0.05, 0.1) is 18.8 Å². The normalized spacial score (nSPS) is 12.3. The van der Waals surface area contributed by atoms with Gasteiger partial charge in [-0.2, -0.15) is 4.52 Å².